The second kappa shape index (κ2) is 15.8. The molecule has 1 aliphatic heterocycles. The molecule has 2 N–H and O–H groups in total. The molecule has 0 spiro atoms. The monoisotopic (exact) mass is 495 g/mol. The van der Waals surface area contributed by atoms with Gasteiger partial charge in [-0.05, 0) is 58.0 Å². The SMILES string of the molecule is CCNC(=NCCCOCC1CC1)NCCCCN1CCN(CC)CC1.I. The van der Waals surface area contributed by atoms with Crippen LogP contribution in [0.4, 0.5) is 0 Å². The summed E-state index contributed by atoms with van der Waals surface area (Å²) >= 11 is 0. The van der Waals surface area contributed by atoms with Gasteiger partial charge in [-0.3, -0.25) is 4.99 Å². The van der Waals surface area contributed by atoms with Gasteiger partial charge in [0.2, 0.25) is 0 Å². The number of ether oxygens (including phenoxy) is 1. The Morgan fingerprint density at radius 2 is 1.74 bits per heavy atom. The van der Waals surface area contributed by atoms with Crippen molar-refractivity contribution in [2.24, 2.45) is 10.9 Å². The molecule has 1 saturated carbocycles. The van der Waals surface area contributed by atoms with E-state index in [0.29, 0.717) is 0 Å². The van der Waals surface area contributed by atoms with E-state index in [0.717, 1.165) is 51.1 Å². The number of likely N-dealkylation sites (N-methyl/N-ethyl adjacent to an activating group) is 1. The van der Waals surface area contributed by atoms with Crippen LogP contribution >= 0.6 is 24.0 Å². The van der Waals surface area contributed by atoms with Gasteiger partial charge in [-0.25, -0.2) is 0 Å². The number of aliphatic imine (C=N–C) groups is 1. The van der Waals surface area contributed by atoms with Gasteiger partial charge >= 0.3 is 0 Å². The Kier molecular flexibility index (Phi) is 14.5. The maximum atomic E-state index is 5.67. The summed E-state index contributed by atoms with van der Waals surface area (Å²) in [6.45, 7) is 16.3. The third-order valence-electron chi connectivity index (χ3n) is 5.22. The second-order valence-corrected chi connectivity index (χ2v) is 7.54. The van der Waals surface area contributed by atoms with Crippen LogP contribution in [0.1, 0.15) is 46.0 Å². The van der Waals surface area contributed by atoms with E-state index in [2.05, 4.69) is 39.3 Å². The Balaban J connectivity index is 0.00000364. The molecule has 0 radical (unpaired) electrons. The van der Waals surface area contributed by atoms with Crippen molar-refractivity contribution in [2.75, 3.05) is 72.1 Å². The van der Waals surface area contributed by atoms with E-state index < -0.39 is 0 Å². The highest BCUT2D eigenvalue weighted by molar-refractivity contribution is 14.0. The lowest BCUT2D eigenvalue weighted by molar-refractivity contribution is 0.123. The molecule has 0 aromatic heterocycles. The predicted octanol–water partition coefficient (Wildman–Crippen LogP) is 2.39. The van der Waals surface area contributed by atoms with Crippen molar-refractivity contribution in [3.63, 3.8) is 0 Å². The fourth-order valence-electron chi connectivity index (χ4n) is 3.23. The molecule has 0 unspecified atom stereocenters. The van der Waals surface area contributed by atoms with Crippen LogP contribution < -0.4 is 10.6 Å². The Morgan fingerprint density at radius 3 is 2.41 bits per heavy atom. The van der Waals surface area contributed by atoms with Crippen molar-refractivity contribution < 1.29 is 4.74 Å². The summed E-state index contributed by atoms with van der Waals surface area (Å²) in [4.78, 5) is 9.79. The maximum Gasteiger partial charge on any atom is 0.191 e. The Bertz CT molecular complexity index is 385. The molecular weight excluding hydrogens is 453 g/mol. The third-order valence-corrected chi connectivity index (χ3v) is 5.22. The molecule has 1 aliphatic carbocycles. The van der Waals surface area contributed by atoms with Crippen molar-refractivity contribution in [1.29, 1.82) is 0 Å². The lowest BCUT2D eigenvalue weighted by atomic mass is 10.2. The van der Waals surface area contributed by atoms with Crippen molar-refractivity contribution in [3.8, 4) is 0 Å². The van der Waals surface area contributed by atoms with Gasteiger partial charge in [0.1, 0.15) is 0 Å². The smallest absolute Gasteiger partial charge is 0.191 e. The highest BCUT2D eigenvalue weighted by atomic mass is 127. The first-order valence-corrected chi connectivity index (χ1v) is 10.9. The highest BCUT2D eigenvalue weighted by Gasteiger charge is 2.20. The summed E-state index contributed by atoms with van der Waals surface area (Å²) in [6, 6.07) is 0. The number of halogens is 1. The number of unbranched alkanes of at least 4 members (excludes halogenated alkanes) is 1. The lowest BCUT2D eigenvalue weighted by Gasteiger charge is -2.34. The number of piperazine rings is 1. The molecule has 2 aliphatic rings. The second-order valence-electron chi connectivity index (χ2n) is 7.54. The first-order chi connectivity index (χ1) is 12.8. The molecule has 1 saturated heterocycles. The Labute approximate surface area is 183 Å². The van der Waals surface area contributed by atoms with Crippen molar-refractivity contribution in [1.82, 2.24) is 20.4 Å². The molecule has 1 heterocycles. The molecule has 0 amide bonds. The van der Waals surface area contributed by atoms with E-state index in [1.165, 1.54) is 65.0 Å². The van der Waals surface area contributed by atoms with E-state index in [9.17, 15) is 0 Å². The molecule has 27 heavy (non-hydrogen) atoms. The first kappa shape index (κ1) is 24.9. The highest BCUT2D eigenvalue weighted by Crippen LogP contribution is 2.28. The standard InChI is InChI=1S/C20H41N5O.HI/c1-3-21-20(23-11-7-17-26-18-19-8-9-19)22-10-5-6-12-25-15-13-24(4-2)14-16-25;/h19H,3-18H2,1-2H3,(H2,21,22,23);1H. The molecule has 0 bridgehead atoms. The van der Waals surface area contributed by atoms with Crippen LogP contribution in [0.5, 0.6) is 0 Å². The number of hydrogen-bond donors (Lipinski definition) is 2. The summed E-state index contributed by atoms with van der Waals surface area (Å²) in [5.41, 5.74) is 0. The van der Waals surface area contributed by atoms with Gasteiger partial charge in [-0.15, -0.1) is 24.0 Å². The zero-order chi connectivity index (χ0) is 18.5. The first-order valence-electron chi connectivity index (χ1n) is 10.9. The zero-order valence-electron chi connectivity index (χ0n) is 17.5. The van der Waals surface area contributed by atoms with Crippen LogP contribution in [0.25, 0.3) is 0 Å². The van der Waals surface area contributed by atoms with Crippen LogP contribution in [0.3, 0.4) is 0 Å². The number of nitrogens with one attached hydrogen (secondary N) is 2. The van der Waals surface area contributed by atoms with Gasteiger partial charge in [0.05, 0.1) is 0 Å². The fraction of sp³-hybridized carbons (Fsp3) is 0.950. The average molecular weight is 495 g/mol. The van der Waals surface area contributed by atoms with E-state index in [1.54, 1.807) is 0 Å². The van der Waals surface area contributed by atoms with Gasteiger partial charge in [0.25, 0.3) is 0 Å². The quantitative estimate of drug-likeness (QED) is 0.178. The van der Waals surface area contributed by atoms with Gasteiger partial charge in [0, 0.05) is 59.0 Å². The van der Waals surface area contributed by atoms with Gasteiger partial charge in [-0.1, -0.05) is 6.92 Å². The van der Waals surface area contributed by atoms with Crippen LogP contribution in [-0.4, -0.2) is 87.9 Å². The summed E-state index contributed by atoms with van der Waals surface area (Å²) in [5, 5.41) is 6.80. The largest absolute Gasteiger partial charge is 0.381 e. The topological polar surface area (TPSA) is 52.1 Å². The van der Waals surface area contributed by atoms with Crippen molar-refractivity contribution in [3.05, 3.63) is 0 Å². The van der Waals surface area contributed by atoms with Gasteiger partial charge in [0.15, 0.2) is 5.96 Å². The Hall–Kier alpha value is -0.120. The fourth-order valence-corrected chi connectivity index (χ4v) is 3.23. The lowest BCUT2D eigenvalue weighted by Crippen LogP contribution is -2.46. The zero-order valence-corrected chi connectivity index (χ0v) is 19.9. The number of nitrogens with zero attached hydrogens (tertiary/aromatic N) is 3. The molecule has 0 aromatic carbocycles. The van der Waals surface area contributed by atoms with E-state index >= 15 is 0 Å². The normalized spacial score (nSPS) is 19.0. The third kappa shape index (κ3) is 12.1. The molecule has 0 aromatic rings. The minimum Gasteiger partial charge on any atom is -0.381 e. The van der Waals surface area contributed by atoms with Crippen LogP contribution in [0, 0.1) is 5.92 Å². The maximum absolute atomic E-state index is 5.67. The summed E-state index contributed by atoms with van der Waals surface area (Å²) in [6.07, 6.45) is 6.19. The molecule has 6 nitrogen and oxygen atoms in total. The van der Waals surface area contributed by atoms with Crippen LogP contribution in [-0.2, 0) is 4.74 Å². The van der Waals surface area contributed by atoms with Gasteiger partial charge in [-0.2, -0.15) is 0 Å². The molecular formula is C20H42IN5O. The molecule has 7 heteroatoms. The molecule has 160 valence electrons. The van der Waals surface area contributed by atoms with Crippen molar-refractivity contribution in [2.45, 2.75) is 46.0 Å². The predicted molar refractivity (Wildman–Crippen MR) is 125 cm³/mol. The Morgan fingerprint density at radius 1 is 1.00 bits per heavy atom. The average Bonchev–Trinajstić information content (AvgIpc) is 3.49. The number of guanidine groups is 1. The minimum atomic E-state index is 0. The summed E-state index contributed by atoms with van der Waals surface area (Å²) in [7, 11) is 0. The summed E-state index contributed by atoms with van der Waals surface area (Å²) in [5.74, 6) is 1.80. The van der Waals surface area contributed by atoms with E-state index in [4.69, 9.17) is 4.74 Å². The van der Waals surface area contributed by atoms with Crippen LogP contribution in [0.15, 0.2) is 4.99 Å². The van der Waals surface area contributed by atoms with Crippen LogP contribution in [0.2, 0.25) is 0 Å². The molecule has 0 atom stereocenters. The minimum absolute atomic E-state index is 0. The molecule has 2 rings (SSSR count). The number of rotatable bonds is 13. The number of hydrogen-bond acceptors (Lipinski definition) is 4. The van der Waals surface area contributed by atoms with Gasteiger partial charge < -0.3 is 25.2 Å². The summed E-state index contributed by atoms with van der Waals surface area (Å²) < 4.78 is 5.67. The van der Waals surface area contributed by atoms with E-state index in [1.807, 2.05) is 0 Å². The molecule has 2 fully saturated rings. The van der Waals surface area contributed by atoms with E-state index in [-0.39, 0.29) is 24.0 Å². The van der Waals surface area contributed by atoms with Crippen molar-refractivity contribution >= 4 is 29.9 Å².